The van der Waals surface area contributed by atoms with E-state index in [4.69, 9.17) is 5.11 Å². The van der Waals surface area contributed by atoms with Crippen molar-refractivity contribution in [3.8, 4) is 0 Å². The zero-order chi connectivity index (χ0) is 23.1. The maximum Gasteiger partial charge on any atom is 0.305 e. The first kappa shape index (κ1) is 27.4. The van der Waals surface area contributed by atoms with Gasteiger partial charge < -0.3 is 24.8 Å². The number of carbonyl (C=O) groups is 5. The lowest BCUT2D eigenvalue weighted by Crippen LogP contribution is -2.52. The second kappa shape index (κ2) is 15.2. The lowest BCUT2D eigenvalue weighted by Gasteiger charge is -2.33. The number of nitrogens with one attached hydrogen (secondary N) is 1. The van der Waals surface area contributed by atoms with Gasteiger partial charge >= 0.3 is 17.9 Å². The Hall–Kier alpha value is -2.65. The van der Waals surface area contributed by atoms with Crippen molar-refractivity contribution in [3.05, 3.63) is 0 Å². The zero-order valence-electron chi connectivity index (χ0n) is 18.3. The van der Waals surface area contributed by atoms with Gasteiger partial charge in [-0.25, -0.2) is 0 Å². The molecule has 0 heterocycles. The predicted molar refractivity (Wildman–Crippen MR) is 107 cm³/mol. The van der Waals surface area contributed by atoms with Crippen molar-refractivity contribution in [2.24, 2.45) is 5.92 Å². The normalized spacial score (nSPS) is 11.5. The molecule has 0 radical (unpaired) electrons. The average molecular weight is 430 g/mol. The van der Waals surface area contributed by atoms with Gasteiger partial charge in [0.1, 0.15) is 6.04 Å². The number of carboxylic acid groups (broad SMARTS) is 1. The van der Waals surface area contributed by atoms with Crippen molar-refractivity contribution < 1.29 is 38.6 Å². The summed E-state index contributed by atoms with van der Waals surface area (Å²) in [6, 6.07) is -0.789. The molecule has 0 rings (SSSR count). The van der Waals surface area contributed by atoms with Crippen LogP contribution in [0.2, 0.25) is 0 Å². The summed E-state index contributed by atoms with van der Waals surface area (Å²) in [5.41, 5.74) is 0. The van der Waals surface area contributed by atoms with Gasteiger partial charge in [0.2, 0.25) is 11.8 Å². The first-order valence-electron chi connectivity index (χ1n) is 10.1. The summed E-state index contributed by atoms with van der Waals surface area (Å²) in [6.45, 7) is 3.95. The topological polar surface area (TPSA) is 139 Å². The van der Waals surface area contributed by atoms with Crippen LogP contribution in [0.5, 0.6) is 0 Å². The molecular weight excluding hydrogens is 396 g/mol. The first-order chi connectivity index (χ1) is 14.1. The monoisotopic (exact) mass is 430 g/mol. The standard InChI is InChI=1S/C20H34N2O8/c1-14(2)19(20(28)21-12-6-11-18(27)30-4)22(13-7-9-16(24)25)15(23)8-5-10-17(26)29-3/h14,19H,5-13H2,1-4H3,(H,21,28)(H,24,25). The van der Waals surface area contributed by atoms with E-state index in [1.165, 1.54) is 19.1 Å². The Balaban J connectivity index is 5.10. The Bertz CT molecular complexity index is 591. The number of aliphatic carboxylic acids is 1. The quantitative estimate of drug-likeness (QED) is 0.291. The van der Waals surface area contributed by atoms with Crippen LogP contribution in [0.4, 0.5) is 0 Å². The van der Waals surface area contributed by atoms with Gasteiger partial charge in [0, 0.05) is 38.8 Å². The number of carbonyl (C=O) groups excluding carboxylic acids is 4. The zero-order valence-corrected chi connectivity index (χ0v) is 18.3. The third-order valence-corrected chi connectivity index (χ3v) is 4.43. The molecule has 0 fully saturated rings. The number of methoxy groups -OCH3 is 2. The molecule has 1 atom stereocenters. The maximum atomic E-state index is 12.8. The molecule has 0 bridgehead atoms. The van der Waals surface area contributed by atoms with E-state index >= 15 is 0 Å². The van der Waals surface area contributed by atoms with E-state index < -0.39 is 18.0 Å². The van der Waals surface area contributed by atoms with Crippen LogP contribution in [0, 0.1) is 5.92 Å². The largest absolute Gasteiger partial charge is 0.481 e. The average Bonchev–Trinajstić information content (AvgIpc) is 2.69. The number of hydrogen-bond donors (Lipinski definition) is 2. The Morgan fingerprint density at radius 3 is 1.93 bits per heavy atom. The molecule has 2 N–H and O–H groups in total. The van der Waals surface area contributed by atoms with Crippen LogP contribution in [-0.2, 0) is 33.4 Å². The molecule has 1 unspecified atom stereocenters. The van der Waals surface area contributed by atoms with Crippen LogP contribution >= 0.6 is 0 Å². The molecule has 172 valence electrons. The molecular formula is C20H34N2O8. The minimum Gasteiger partial charge on any atom is -0.481 e. The molecule has 0 aromatic rings. The Labute approximate surface area is 177 Å². The lowest BCUT2D eigenvalue weighted by atomic mass is 10.00. The third-order valence-electron chi connectivity index (χ3n) is 4.43. The second-order valence-electron chi connectivity index (χ2n) is 7.17. The van der Waals surface area contributed by atoms with Crippen molar-refractivity contribution in [2.75, 3.05) is 27.3 Å². The molecule has 2 amide bonds. The van der Waals surface area contributed by atoms with Crippen molar-refractivity contribution in [1.82, 2.24) is 10.2 Å². The smallest absolute Gasteiger partial charge is 0.305 e. The molecule has 0 saturated carbocycles. The maximum absolute atomic E-state index is 12.8. The van der Waals surface area contributed by atoms with Crippen LogP contribution in [0.1, 0.15) is 58.8 Å². The molecule has 0 aromatic heterocycles. The Morgan fingerprint density at radius 1 is 0.867 bits per heavy atom. The van der Waals surface area contributed by atoms with Crippen molar-refractivity contribution in [3.63, 3.8) is 0 Å². The van der Waals surface area contributed by atoms with E-state index in [-0.39, 0.29) is 75.3 Å². The number of carboxylic acids is 1. The van der Waals surface area contributed by atoms with Crippen LogP contribution in [0.3, 0.4) is 0 Å². The number of amides is 2. The van der Waals surface area contributed by atoms with Gasteiger partial charge in [0.25, 0.3) is 0 Å². The molecule has 0 aliphatic carbocycles. The van der Waals surface area contributed by atoms with Gasteiger partial charge in [-0.3, -0.25) is 24.0 Å². The Morgan fingerprint density at radius 2 is 1.43 bits per heavy atom. The number of esters is 2. The van der Waals surface area contributed by atoms with Gasteiger partial charge in [0.05, 0.1) is 14.2 Å². The SMILES string of the molecule is COC(=O)CCCNC(=O)C(C(C)C)N(CCCC(=O)O)C(=O)CCCC(=O)OC. The highest BCUT2D eigenvalue weighted by molar-refractivity contribution is 5.88. The van der Waals surface area contributed by atoms with Crippen molar-refractivity contribution >= 4 is 29.7 Å². The van der Waals surface area contributed by atoms with Crippen molar-refractivity contribution in [1.29, 1.82) is 0 Å². The molecule has 0 aromatic carbocycles. The van der Waals surface area contributed by atoms with Gasteiger partial charge in [-0.15, -0.1) is 0 Å². The van der Waals surface area contributed by atoms with Crippen LogP contribution in [0.25, 0.3) is 0 Å². The Kier molecular flexibility index (Phi) is 13.9. The fourth-order valence-electron chi connectivity index (χ4n) is 2.90. The molecule has 0 saturated heterocycles. The van der Waals surface area contributed by atoms with E-state index in [1.54, 1.807) is 13.8 Å². The number of hydrogen-bond acceptors (Lipinski definition) is 7. The fraction of sp³-hybridized carbons (Fsp3) is 0.750. The summed E-state index contributed by atoms with van der Waals surface area (Å²) in [5.74, 6) is -2.70. The van der Waals surface area contributed by atoms with E-state index in [9.17, 15) is 24.0 Å². The van der Waals surface area contributed by atoms with Gasteiger partial charge in [-0.2, -0.15) is 0 Å². The van der Waals surface area contributed by atoms with Crippen LogP contribution in [-0.4, -0.2) is 73.1 Å². The van der Waals surface area contributed by atoms with Crippen LogP contribution in [0.15, 0.2) is 0 Å². The minimum absolute atomic E-state index is 0.0427. The van der Waals surface area contributed by atoms with Gasteiger partial charge in [-0.05, 0) is 25.2 Å². The number of nitrogens with zero attached hydrogens (tertiary/aromatic N) is 1. The first-order valence-corrected chi connectivity index (χ1v) is 10.1. The molecule has 0 aliphatic rings. The van der Waals surface area contributed by atoms with E-state index in [0.717, 1.165) is 0 Å². The number of rotatable bonds is 15. The molecule has 0 aliphatic heterocycles. The molecule has 10 heteroatoms. The highest BCUT2D eigenvalue weighted by Crippen LogP contribution is 2.16. The highest BCUT2D eigenvalue weighted by Gasteiger charge is 2.32. The summed E-state index contributed by atoms with van der Waals surface area (Å²) in [5, 5.41) is 11.6. The summed E-state index contributed by atoms with van der Waals surface area (Å²) in [4.78, 5) is 60.2. The van der Waals surface area contributed by atoms with Crippen LogP contribution < -0.4 is 5.32 Å². The fourth-order valence-corrected chi connectivity index (χ4v) is 2.90. The van der Waals surface area contributed by atoms with Gasteiger partial charge in [0.15, 0.2) is 0 Å². The molecule has 10 nitrogen and oxygen atoms in total. The molecule has 30 heavy (non-hydrogen) atoms. The second-order valence-corrected chi connectivity index (χ2v) is 7.17. The van der Waals surface area contributed by atoms with Crippen molar-refractivity contribution in [2.45, 2.75) is 64.8 Å². The highest BCUT2D eigenvalue weighted by atomic mass is 16.5. The summed E-state index contributed by atoms with van der Waals surface area (Å²) >= 11 is 0. The third kappa shape index (κ3) is 11.4. The lowest BCUT2D eigenvalue weighted by molar-refractivity contribution is -0.144. The molecule has 0 spiro atoms. The summed E-state index contributed by atoms with van der Waals surface area (Å²) in [7, 11) is 2.55. The van der Waals surface area contributed by atoms with E-state index in [0.29, 0.717) is 6.42 Å². The van der Waals surface area contributed by atoms with E-state index in [2.05, 4.69) is 14.8 Å². The van der Waals surface area contributed by atoms with Gasteiger partial charge in [-0.1, -0.05) is 13.8 Å². The predicted octanol–water partition coefficient (Wildman–Crippen LogP) is 1.12. The number of ether oxygens (including phenoxy) is 2. The summed E-state index contributed by atoms with van der Waals surface area (Å²) in [6.07, 6.45) is 1.03. The minimum atomic E-state index is -0.985. The van der Waals surface area contributed by atoms with E-state index in [1.807, 2.05) is 0 Å². The summed E-state index contributed by atoms with van der Waals surface area (Å²) < 4.78 is 9.11.